The maximum Gasteiger partial charge on any atom is 0.309 e. The molecule has 13 heavy (non-hydrogen) atoms. The lowest BCUT2D eigenvalue weighted by atomic mass is 10.2. The van der Waals surface area contributed by atoms with Crippen molar-refractivity contribution in [2.45, 2.75) is 13.3 Å². The van der Waals surface area contributed by atoms with Gasteiger partial charge in [-0.1, -0.05) is 0 Å². The minimum absolute atomic E-state index is 0.150. The second-order valence-corrected chi connectivity index (χ2v) is 2.75. The van der Waals surface area contributed by atoms with Gasteiger partial charge in [0.05, 0.1) is 12.1 Å². The maximum absolute atomic E-state index is 10.4. The van der Waals surface area contributed by atoms with E-state index in [1.165, 1.54) is 0 Å². The van der Waals surface area contributed by atoms with Gasteiger partial charge in [-0.05, 0) is 24.6 Å². The van der Waals surface area contributed by atoms with Crippen LogP contribution in [0, 0.1) is 6.92 Å². The molecule has 1 aromatic rings. The monoisotopic (exact) mass is 179 g/mol. The van der Waals surface area contributed by atoms with Crippen LogP contribution in [0.25, 0.3) is 0 Å². The van der Waals surface area contributed by atoms with E-state index in [1.807, 2.05) is 0 Å². The highest BCUT2D eigenvalue weighted by Crippen LogP contribution is 2.04. The van der Waals surface area contributed by atoms with Crippen LogP contribution in [-0.4, -0.2) is 22.3 Å². The van der Waals surface area contributed by atoms with E-state index in [0.29, 0.717) is 12.0 Å². The van der Waals surface area contributed by atoms with Crippen molar-refractivity contribution in [2.75, 3.05) is 0 Å². The average molecular weight is 179 g/mol. The van der Waals surface area contributed by atoms with Gasteiger partial charge in [0, 0.05) is 0 Å². The van der Waals surface area contributed by atoms with Crippen molar-refractivity contribution in [1.29, 1.82) is 0 Å². The predicted octanol–water partition coefficient (Wildman–Crippen LogP) is 0.830. The fourth-order valence-corrected chi connectivity index (χ4v) is 1.07. The fraction of sp³-hybridized carbons (Fsp3) is 0.222. The van der Waals surface area contributed by atoms with Crippen LogP contribution in [0.4, 0.5) is 0 Å². The van der Waals surface area contributed by atoms with Crippen LogP contribution in [0.2, 0.25) is 0 Å². The first kappa shape index (κ1) is 9.38. The zero-order valence-corrected chi connectivity index (χ0v) is 7.15. The number of hydrogen-bond acceptors (Lipinski definition) is 3. The summed E-state index contributed by atoms with van der Waals surface area (Å²) in [5.74, 6) is -0.949. The molecule has 1 heterocycles. The Labute approximate surface area is 75.2 Å². The number of rotatable bonds is 3. The highest BCUT2D eigenvalue weighted by molar-refractivity contribution is 5.73. The first-order chi connectivity index (χ1) is 6.11. The lowest BCUT2D eigenvalue weighted by Gasteiger charge is -1.99. The number of aliphatic carboxylic acids is 1. The highest BCUT2D eigenvalue weighted by atomic mass is 16.4. The summed E-state index contributed by atoms with van der Waals surface area (Å²) in [7, 11) is 0. The van der Waals surface area contributed by atoms with Gasteiger partial charge in [0.25, 0.3) is 0 Å². The minimum atomic E-state index is -0.949. The van der Waals surface area contributed by atoms with E-state index in [0.717, 1.165) is 5.56 Å². The molecule has 0 spiro atoms. The van der Waals surface area contributed by atoms with Gasteiger partial charge in [-0.2, -0.15) is 0 Å². The molecule has 1 N–H and O–H groups in total. The van der Waals surface area contributed by atoms with Gasteiger partial charge in [0.1, 0.15) is 5.69 Å². The van der Waals surface area contributed by atoms with Crippen LogP contribution in [0.5, 0.6) is 0 Å². The standard InChI is InChI=1S/C9H9NO3/c1-6-2-7(4-9(12)13)10-8(3-6)5-11/h2-3,5H,4H2,1H3,(H,12,13). The van der Waals surface area contributed by atoms with E-state index >= 15 is 0 Å². The zero-order chi connectivity index (χ0) is 9.84. The molecule has 0 saturated heterocycles. The number of hydrogen-bond donors (Lipinski definition) is 1. The summed E-state index contributed by atoms with van der Waals surface area (Å²) in [6, 6.07) is 3.26. The molecule has 0 aliphatic rings. The molecular formula is C9H9NO3. The van der Waals surface area contributed by atoms with Crippen LogP contribution in [0.15, 0.2) is 12.1 Å². The quantitative estimate of drug-likeness (QED) is 0.698. The molecule has 0 aromatic carbocycles. The summed E-state index contributed by atoms with van der Waals surface area (Å²) in [5, 5.41) is 8.49. The Bertz CT molecular complexity index is 347. The van der Waals surface area contributed by atoms with E-state index in [-0.39, 0.29) is 12.1 Å². The molecule has 0 amide bonds. The smallest absolute Gasteiger partial charge is 0.309 e. The van der Waals surface area contributed by atoms with Crippen molar-refractivity contribution in [3.05, 3.63) is 29.1 Å². The van der Waals surface area contributed by atoms with Crippen molar-refractivity contribution < 1.29 is 14.7 Å². The summed E-state index contributed by atoms with van der Waals surface area (Å²) in [5.41, 5.74) is 1.53. The molecule has 0 aliphatic heterocycles. The number of aldehydes is 1. The molecule has 0 aliphatic carbocycles. The van der Waals surface area contributed by atoms with E-state index in [2.05, 4.69) is 4.98 Å². The molecule has 1 aromatic heterocycles. The first-order valence-corrected chi connectivity index (χ1v) is 3.76. The van der Waals surface area contributed by atoms with Crippen molar-refractivity contribution in [3.63, 3.8) is 0 Å². The normalized spacial score (nSPS) is 9.62. The Hall–Kier alpha value is -1.71. The Morgan fingerprint density at radius 2 is 2.31 bits per heavy atom. The molecule has 0 unspecified atom stereocenters. The molecular weight excluding hydrogens is 170 g/mol. The van der Waals surface area contributed by atoms with E-state index in [1.54, 1.807) is 19.1 Å². The number of carboxylic acids is 1. The van der Waals surface area contributed by atoms with Gasteiger partial charge >= 0.3 is 5.97 Å². The number of aryl methyl sites for hydroxylation is 1. The minimum Gasteiger partial charge on any atom is -0.481 e. The average Bonchev–Trinajstić information content (AvgIpc) is 2.01. The summed E-state index contributed by atoms with van der Waals surface area (Å²) in [4.78, 5) is 24.6. The summed E-state index contributed by atoms with van der Waals surface area (Å²) >= 11 is 0. The van der Waals surface area contributed by atoms with Gasteiger partial charge in [-0.3, -0.25) is 9.59 Å². The number of carboxylic acid groups (broad SMARTS) is 1. The highest BCUT2D eigenvalue weighted by Gasteiger charge is 2.03. The zero-order valence-electron chi connectivity index (χ0n) is 7.15. The molecule has 0 saturated carbocycles. The second kappa shape index (κ2) is 3.80. The van der Waals surface area contributed by atoms with Gasteiger partial charge in [0.15, 0.2) is 6.29 Å². The number of carbonyl (C=O) groups excluding carboxylic acids is 1. The largest absolute Gasteiger partial charge is 0.481 e. The van der Waals surface area contributed by atoms with E-state index < -0.39 is 5.97 Å². The lowest BCUT2D eigenvalue weighted by Crippen LogP contribution is -2.04. The molecule has 4 nitrogen and oxygen atoms in total. The van der Waals surface area contributed by atoms with Crippen LogP contribution < -0.4 is 0 Å². The summed E-state index contributed by atoms with van der Waals surface area (Å²) in [6.07, 6.45) is 0.459. The van der Waals surface area contributed by atoms with Crippen molar-refractivity contribution in [2.24, 2.45) is 0 Å². The SMILES string of the molecule is Cc1cc(C=O)nc(CC(=O)O)c1. The van der Waals surface area contributed by atoms with Crippen LogP contribution >= 0.6 is 0 Å². The first-order valence-electron chi connectivity index (χ1n) is 3.76. The van der Waals surface area contributed by atoms with Crippen molar-refractivity contribution >= 4 is 12.3 Å². The van der Waals surface area contributed by atoms with Crippen LogP contribution in [0.3, 0.4) is 0 Å². The third-order valence-corrected chi connectivity index (χ3v) is 1.50. The van der Waals surface area contributed by atoms with Crippen LogP contribution in [-0.2, 0) is 11.2 Å². The Morgan fingerprint density at radius 1 is 1.62 bits per heavy atom. The Kier molecular flexibility index (Phi) is 2.74. The molecule has 4 heteroatoms. The Morgan fingerprint density at radius 3 is 2.85 bits per heavy atom. The van der Waals surface area contributed by atoms with Gasteiger partial charge in [-0.25, -0.2) is 4.98 Å². The van der Waals surface area contributed by atoms with E-state index in [9.17, 15) is 9.59 Å². The summed E-state index contributed by atoms with van der Waals surface area (Å²) < 4.78 is 0. The van der Waals surface area contributed by atoms with Crippen molar-refractivity contribution in [3.8, 4) is 0 Å². The third kappa shape index (κ3) is 2.66. The third-order valence-electron chi connectivity index (χ3n) is 1.50. The second-order valence-electron chi connectivity index (χ2n) is 2.75. The number of carbonyl (C=O) groups is 2. The summed E-state index contributed by atoms with van der Waals surface area (Å²) in [6.45, 7) is 1.79. The molecule has 0 bridgehead atoms. The molecule has 0 radical (unpaired) electrons. The lowest BCUT2D eigenvalue weighted by molar-refractivity contribution is -0.136. The fourth-order valence-electron chi connectivity index (χ4n) is 1.07. The predicted molar refractivity (Wildman–Crippen MR) is 45.7 cm³/mol. The van der Waals surface area contributed by atoms with Crippen molar-refractivity contribution in [1.82, 2.24) is 4.98 Å². The molecule has 68 valence electrons. The van der Waals surface area contributed by atoms with Gasteiger partial charge < -0.3 is 5.11 Å². The molecule has 0 atom stereocenters. The number of nitrogens with zero attached hydrogens (tertiary/aromatic N) is 1. The van der Waals surface area contributed by atoms with Gasteiger partial charge in [-0.15, -0.1) is 0 Å². The topological polar surface area (TPSA) is 67.3 Å². The number of aromatic nitrogens is 1. The van der Waals surface area contributed by atoms with E-state index in [4.69, 9.17) is 5.11 Å². The maximum atomic E-state index is 10.4. The van der Waals surface area contributed by atoms with Gasteiger partial charge in [0.2, 0.25) is 0 Å². The Balaban J connectivity index is 3.01. The molecule has 0 fully saturated rings. The van der Waals surface area contributed by atoms with Crippen LogP contribution in [0.1, 0.15) is 21.7 Å². The number of pyridine rings is 1. The molecule has 1 rings (SSSR count).